The van der Waals surface area contributed by atoms with Gasteiger partial charge in [0.1, 0.15) is 17.7 Å². The van der Waals surface area contributed by atoms with Gasteiger partial charge < -0.3 is 10.6 Å². The van der Waals surface area contributed by atoms with Gasteiger partial charge in [0, 0.05) is 41.1 Å². The largest absolute Gasteiger partial charge is 0.395 e. The molecule has 1 spiro atoms. The highest BCUT2D eigenvalue weighted by Gasteiger charge is 2.61. The number of nitrogen functional groups attached to an aromatic ring is 1. The molecule has 0 atom stereocenters. The Kier molecular flexibility index (Phi) is 8.56. The zero-order chi connectivity index (χ0) is 24.1. The lowest BCUT2D eigenvalue weighted by Gasteiger charge is -2.58. The van der Waals surface area contributed by atoms with Crippen molar-refractivity contribution in [3.63, 3.8) is 0 Å². The first-order valence-corrected chi connectivity index (χ1v) is 12.4. The van der Waals surface area contributed by atoms with Crippen LogP contribution in [0.5, 0.6) is 0 Å². The highest BCUT2D eigenvalue weighted by Crippen LogP contribution is 2.56. The Morgan fingerprint density at radius 3 is 2.27 bits per heavy atom. The number of alkyl halides is 2. The summed E-state index contributed by atoms with van der Waals surface area (Å²) < 4.78 is 51.4. The number of thioether (sulfide) groups is 1. The van der Waals surface area contributed by atoms with Crippen LogP contribution >= 0.6 is 23.7 Å². The molecule has 1 aliphatic carbocycles. The molecule has 0 radical (unpaired) electrons. The van der Waals surface area contributed by atoms with Crippen LogP contribution in [0.15, 0.2) is 46.2 Å². The maximum absolute atomic E-state index is 12.9. The minimum atomic E-state index is -2.39. The number of rotatable bonds is 7. The van der Waals surface area contributed by atoms with Crippen molar-refractivity contribution in [2.75, 3.05) is 31.1 Å². The van der Waals surface area contributed by atoms with Crippen LogP contribution in [0.3, 0.4) is 0 Å². The zero-order valence-corrected chi connectivity index (χ0v) is 19.6. The number of nitrogens with two attached hydrogens (primary N) is 2. The molecule has 1 saturated carbocycles. The number of anilines is 1. The molecular formula is C23H26F4N4S2. The molecule has 2 aliphatic rings. The predicted molar refractivity (Wildman–Crippen MR) is 125 cm³/mol. The van der Waals surface area contributed by atoms with Crippen molar-refractivity contribution in [3.8, 4) is 6.07 Å². The van der Waals surface area contributed by atoms with Crippen molar-refractivity contribution in [3.05, 3.63) is 53.6 Å². The van der Waals surface area contributed by atoms with E-state index in [2.05, 4.69) is 4.90 Å². The van der Waals surface area contributed by atoms with Crippen molar-refractivity contribution in [2.45, 2.75) is 41.4 Å². The van der Waals surface area contributed by atoms with Gasteiger partial charge in [0.2, 0.25) is 5.92 Å². The summed E-state index contributed by atoms with van der Waals surface area (Å²) in [5, 5.41) is 13.7. The van der Waals surface area contributed by atoms with E-state index >= 15 is 0 Å². The number of hydrogen-bond acceptors (Lipinski definition) is 6. The second-order valence-electron chi connectivity index (χ2n) is 8.53. The molecule has 1 saturated heterocycles. The Morgan fingerprint density at radius 1 is 1.03 bits per heavy atom. The van der Waals surface area contributed by atoms with Crippen LogP contribution in [0, 0.1) is 28.4 Å². The first-order valence-electron chi connectivity index (χ1n) is 10.5. The van der Waals surface area contributed by atoms with Crippen LogP contribution in [-0.2, 0) is 0 Å². The van der Waals surface area contributed by atoms with Crippen LogP contribution < -0.4 is 10.9 Å². The average molecular weight is 499 g/mol. The summed E-state index contributed by atoms with van der Waals surface area (Å²) >= 11 is 2.61. The summed E-state index contributed by atoms with van der Waals surface area (Å²) in [6, 6.07) is 11.0. The topological polar surface area (TPSA) is 79.1 Å². The molecule has 2 aromatic carbocycles. The molecule has 4 N–H and O–H groups in total. The van der Waals surface area contributed by atoms with Crippen molar-refractivity contribution in [1.82, 2.24) is 4.90 Å². The fraction of sp³-hybridized carbons (Fsp3) is 0.435. The Hall–Kier alpha value is -1.93. The van der Waals surface area contributed by atoms with Gasteiger partial charge in [0.05, 0.1) is 11.3 Å². The molecular weight excluding hydrogens is 472 g/mol. The van der Waals surface area contributed by atoms with Gasteiger partial charge in [-0.25, -0.2) is 17.6 Å². The van der Waals surface area contributed by atoms with Gasteiger partial charge >= 0.3 is 0 Å². The molecule has 0 bridgehead atoms. The molecule has 1 aliphatic heterocycles. The first-order chi connectivity index (χ1) is 15.6. The molecule has 0 aromatic heterocycles. The third-order valence-corrected chi connectivity index (χ3v) is 7.30. The minimum absolute atomic E-state index is 0.0492. The monoisotopic (exact) mass is 498 g/mol. The van der Waals surface area contributed by atoms with Crippen LogP contribution in [0.2, 0.25) is 0 Å². The van der Waals surface area contributed by atoms with Crippen molar-refractivity contribution in [1.29, 1.82) is 5.26 Å². The number of benzene rings is 2. The zero-order valence-electron chi connectivity index (χ0n) is 18.0. The molecule has 10 heteroatoms. The quantitative estimate of drug-likeness (QED) is 0.168. The SMILES string of the molecule is Fc1ccc(SCCCCN2CC3(C2)CC(F)(F)C3)cc1.N#Cc1cc(SN)cc(F)c1N. The lowest BCUT2D eigenvalue weighted by atomic mass is 9.61. The lowest BCUT2D eigenvalue weighted by molar-refractivity contribution is -0.213. The molecule has 4 rings (SSSR count). The molecule has 33 heavy (non-hydrogen) atoms. The smallest absolute Gasteiger partial charge is 0.249 e. The van der Waals surface area contributed by atoms with Crippen LogP contribution in [0.4, 0.5) is 23.2 Å². The van der Waals surface area contributed by atoms with E-state index in [0.717, 1.165) is 55.1 Å². The standard InChI is InChI=1S/C16H20F3NS.C7H6FN3S/c17-13-3-5-14(6-4-13)21-8-2-1-7-20-11-15(12-20)9-16(18,19)10-15;8-6-2-5(12-11)1-4(3-9)7(6)10/h3-6H,1-2,7-12H2;1-2H,10-11H2. The molecule has 4 nitrogen and oxygen atoms in total. The number of nitriles is 1. The summed E-state index contributed by atoms with van der Waals surface area (Å²) in [5.41, 5.74) is 5.20. The van der Waals surface area contributed by atoms with Gasteiger partial charge in [-0.3, -0.25) is 5.14 Å². The predicted octanol–water partition coefficient (Wildman–Crippen LogP) is 5.67. The van der Waals surface area contributed by atoms with Gasteiger partial charge in [-0.2, -0.15) is 5.26 Å². The summed E-state index contributed by atoms with van der Waals surface area (Å²) in [5.74, 6) is -2.18. The summed E-state index contributed by atoms with van der Waals surface area (Å²) in [7, 11) is 0. The van der Waals surface area contributed by atoms with Gasteiger partial charge in [0.15, 0.2) is 0 Å². The number of hydrogen-bond donors (Lipinski definition) is 2. The molecule has 0 amide bonds. The second kappa shape index (κ2) is 11.0. The Labute approximate surface area is 199 Å². The number of halogens is 4. The third-order valence-electron chi connectivity index (χ3n) is 5.70. The normalized spacial score (nSPS) is 17.9. The summed E-state index contributed by atoms with van der Waals surface area (Å²) in [6.45, 7) is 2.72. The molecule has 178 valence electrons. The molecule has 2 aromatic rings. The summed E-state index contributed by atoms with van der Waals surface area (Å²) in [4.78, 5) is 3.87. The van der Waals surface area contributed by atoms with Crippen molar-refractivity contribution >= 4 is 29.4 Å². The van der Waals surface area contributed by atoms with Gasteiger partial charge in [0.25, 0.3) is 0 Å². The Balaban J connectivity index is 0.000000218. The maximum atomic E-state index is 12.9. The molecule has 1 heterocycles. The number of unbranched alkanes of at least 4 members (excludes halogenated alkanes) is 1. The number of likely N-dealkylation sites (tertiary alicyclic amines) is 1. The highest BCUT2D eigenvalue weighted by molar-refractivity contribution is 7.99. The molecule has 0 unspecified atom stereocenters. The first kappa shape index (κ1) is 25.7. The fourth-order valence-corrected chi connectivity index (χ4v) is 5.51. The summed E-state index contributed by atoms with van der Waals surface area (Å²) in [6.07, 6.45) is 2.39. The van der Waals surface area contributed by atoms with E-state index in [1.807, 2.05) is 0 Å². The minimum Gasteiger partial charge on any atom is -0.395 e. The van der Waals surface area contributed by atoms with Gasteiger partial charge in [-0.15, -0.1) is 11.8 Å². The van der Waals surface area contributed by atoms with Crippen LogP contribution in [0.1, 0.15) is 31.2 Å². The van der Waals surface area contributed by atoms with Crippen LogP contribution in [-0.4, -0.2) is 36.2 Å². The van der Waals surface area contributed by atoms with E-state index in [0.29, 0.717) is 4.90 Å². The van der Waals surface area contributed by atoms with E-state index in [4.69, 9.17) is 16.1 Å². The van der Waals surface area contributed by atoms with Crippen molar-refractivity contribution in [2.24, 2.45) is 10.6 Å². The van der Waals surface area contributed by atoms with Crippen molar-refractivity contribution < 1.29 is 17.6 Å². The third kappa shape index (κ3) is 7.03. The van der Waals surface area contributed by atoms with Gasteiger partial charge in [-0.1, -0.05) is 0 Å². The van der Waals surface area contributed by atoms with Gasteiger partial charge in [-0.05, 0) is 73.5 Å². The lowest BCUT2D eigenvalue weighted by Crippen LogP contribution is -2.65. The van der Waals surface area contributed by atoms with E-state index in [1.54, 1.807) is 30.0 Å². The Morgan fingerprint density at radius 2 is 1.70 bits per heavy atom. The maximum Gasteiger partial charge on any atom is 0.249 e. The van der Waals surface area contributed by atoms with E-state index in [9.17, 15) is 17.6 Å². The molecule has 2 fully saturated rings. The number of nitrogens with zero attached hydrogens (tertiary/aromatic N) is 2. The fourth-order valence-electron chi connectivity index (χ4n) is 4.24. The highest BCUT2D eigenvalue weighted by atomic mass is 32.2. The average Bonchev–Trinajstić information content (AvgIpc) is 2.74. The Bertz CT molecular complexity index is 979. The van der Waals surface area contributed by atoms with Crippen LogP contribution in [0.25, 0.3) is 0 Å². The second-order valence-corrected chi connectivity index (χ2v) is 10.4. The van der Waals surface area contributed by atoms with E-state index in [1.165, 1.54) is 24.3 Å². The van der Waals surface area contributed by atoms with E-state index < -0.39 is 11.7 Å². The van der Waals surface area contributed by atoms with E-state index in [-0.39, 0.29) is 35.3 Å².